The van der Waals surface area contributed by atoms with Crippen LogP contribution in [0.3, 0.4) is 0 Å². The first-order valence-electron chi connectivity index (χ1n) is 4.94. The largest absolute Gasteiger partial charge is 0.369 e. The Hall–Kier alpha value is -1.09. The van der Waals surface area contributed by atoms with Gasteiger partial charge in [0.1, 0.15) is 5.82 Å². The highest BCUT2D eigenvalue weighted by Crippen LogP contribution is 2.23. The fourth-order valence-electron chi connectivity index (χ4n) is 1.19. The van der Waals surface area contributed by atoms with Crippen molar-refractivity contribution < 1.29 is 0 Å². The molecule has 1 aromatic rings. The van der Waals surface area contributed by atoms with E-state index in [-0.39, 0.29) is 5.41 Å². The van der Waals surface area contributed by atoms with Crippen LogP contribution < -0.4 is 11.1 Å². The maximum absolute atomic E-state index is 5.41. The molecule has 0 unspecified atom stereocenters. The highest BCUT2D eigenvalue weighted by Gasteiger charge is 2.13. The van der Waals surface area contributed by atoms with Crippen LogP contribution >= 0.6 is 0 Å². The number of nitrogens with one attached hydrogen (secondary N) is 1. The first kappa shape index (κ1) is 11.0. The lowest BCUT2D eigenvalue weighted by atomic mass is 9.88. The molecule has 0 saturated heterocycles. The number of anilines is 1. The van der Waals surface area contributed by atoms with E-state index in [1.54, 1.807) is 0 Å². The first-order valence-corrected chi connectivity index (χ1v) is 4.94. The smallest absolute Gasteiger partial charge is 0.126 e. The van der Waals surface area contributed by atoms with Gasteiger partial charge in [0.15, 0.2) is 0 Å². The number of hydrogen-bond acceptors (Lipinski definition) is 3. The van der Waals surface area contributed by atoms with Crippen molar-refractivity contribution in [2.45, 2.75) is 26.2 Å². The van der Waals surface area contributed by atoms with E-state index in [0.29, 0.717) is 6.54 Å². The van der Waals surface area contributed by atoms with Crippen LogP contribution in [0.4, 0.5) is 5.82 Å². The van der Waals surface area contributed by atoms with Crippen molar-refractivity contribution in [2.24, 2.45) is 5.73 Å². The first-order chi connectivity index (χ1) is 6.54. The molecule has 0 amide bonds. The predicted octanol–water partition coefficient (Wildman–Crippen LogP) is 1.75. The van der Waals surface area contributed by atoms with E-state index >= 15 is 0 Å². The van der Waals surface area contributed by atoms with Crippen molar-refractivity contribution in [3.63, 3.8) is 0 Å². The monoisotopic (exact) mass is 193 g/mol. The maximum Gasteiger partial charge on any atom is 0.126 e. The van der Waals surface area contributed by atoms with Gasteiger partial charge in [0, 0.05) is 19.3 Å². The number of hydrogen-bond donors (Lipinski definition) is 2. The number of nitrogens with zero attached hydrogens (tertiary/aromatic N) is 1. The van der Waals surface area contributed by atoms with Crippen LogP contribution in [-0.2, 0) is 5.41 Å². The van der Waals surface area contributed by atoms with E-state index in [2.05, 4.69) is 37.1 Å². The van der Waals surface area contributed by atoms with Crippen LogP contribution in [0.5, 0.6) is 0 Å². The Kier molecular flexibility index (Phi) is 3.47. The molecule has 0 aromatic carbocycles. The summed E-state index contributed by atoms with van der Waals surface area (Å²) in [4.78, 5) is 4.22. The molecule has 0 bridgehead atoms. The van der Waals surface area contributed by atoms with E-state index in [0.717, 1.165) is 12.4 Å². The number of rotatable bonds is 3. The fourth-order valence-corrected chi connectivity index (χ4v) is 1.19. The molecule has 0 aliphatic rings. The van der Waals surface area contributed by atoms with Crippen LogP contribution in [0.1, 0.15) is 26.3 Å². The van der Waals surface area contributed by atoms with E-state index < -0.39 is 0 Å². The molecular formula is C11H19N3. The summed E-state index contributed by atoms with van der Waals surface area (Å²) in [5.74, 6) is 0.905. The molecule has 3 N–H and O–H groups in total. The second-order valence-electron chi connectivity index (χ2n) is 4.40. The second-order valence-corrected chi connectivity index (χ2v) is 4.40. The molecule has 1 aromatic heterocycles. The molecule has 3 nitrogen and oxygen atoms in total. The Labute approximate surface area is 85.7 Å². The van der Waals surface area contributed by atoms with Crippen molar-refractivity contribution in [1.82, 2.24) is 4.98 Å². The van der Waals surface area contributed by atoms with E-state index in [1.807, 2.05) is 12.3 Å². The number of pyridine rings is 1. The summed E-state index contributed by atoms with van der Waals surface area (Å²) in [6.07, 6.45) is 1.83. The highest BCUT2D eigenvalue weighted by atomic mass is 15.0. The van der Waals surface area contributed by atoms with Crippen LogP contribution in [0.15, 0.2) is 18.3 Å². The Balaban J connectivity index is 2.79. The molecule has 0 aliphatic heterocycles. The molecule has 0 aliphatic carbocycles. The fraction of sp³-hybridized carbons (Fsp3) is 0.545. The van der Waals surface area contributed by atoms with Gasteiger partial charge in [0.25, 0.3) is 0 Å². The summed E-state index contributed by atoms with van der Waals surface area (Å²) in [7, 11) is 0. The third kappa shape index (κ3) is 3.00. The Bertz CT molecular complexity index is 289. The molecule has 3 heteroatoms. The van der Waals surface area contributed by atoms with Crippen LogP contribution in [0, 0.1) is 0 Å². The number of aromatic nitrogens is 1. The molecule has 0 atom stereocenters. The summed E-state index contributed by atoms with van der Waals surface area (Å²) in [6, 6.07) is 4.13. The minimum Gasteiger partial charge on any atom is -0.369 e. The normalized spacial score (nSPS) is 11.4. The van der Waals surface area contributed by atoms with Gasteiger partial charge in [-0.2, -0.15) is 0 Å². The molecule has 78 valence electrons. The Morgan fingerprint density at radius 1 is 1.43 bits per heavy atom. The molecule has 0 saturated carbocycles. The minimum atomic E-state index is 0.169. The quantitative estimate of drug-likeness (QED) is 0.769. The molecule has 0 spiro atoms. The summed E-state index contributed by atoms with van der Waals surface area (Å²) < 4.78 is 0. The lowest BCUT2D eigenvalue weighted by Gasteiger charge is -2.19. The summed E-state index contributed by atoms with van der Waals surface area (Å²) in [5, 5.41) is 3.17. The lowest BCUT2D eigenvalue weighted by molar-refractivity contribution is 0.589. The van der Waals surface area contributed by atoms with Gasteiger partial charge in [0.2, 0.25) is 0 Å². The van der Waals surface area contributed by atoms with Gasteiger partial charge in [-0.15, -0.1) is 0 Å². The van der Waals surface area contributed by atoms with Crippen molar-refractivity contribution in [3.05, 3.63) is 23.9 Å². The highest BCUT2D eigenvalue weighted by molar-refractivity contribution is 5.39. The zero-order valence-corrected chi connectivity index (χ0v) is 9.17. The molecule has 14 heavy (non-hydrogen) atoms. The third-order valence-electron chi connectivity index (χ3n) is 2.08. The van der Waals surface area contributed by atoms with Gasteiger partial charge in [-0.25, -0.2) is 4.98 Å². The van der Waals surface area contributed by atoms with Crippen molar-refractivity contribution in [2.75, 3.05) is 18.4 Å². The van der Waals surface area contributed by atoms with Crippen molar-refractivity contribution >= 4 is 5.82 Å². The maximum atomic E-state index is 5.41. The second kappa shape index (κ2) is 4.42. The van der Waals surface area contributed by atoms with Gasteiger partial charge in [-0.1, -0.05) is 20.8 Å². The van der Waals surface area contributed by atoms with Gasteiger partial charge in [-0.05, 0) is 23.1 Å². The lowest BCUT2D eigenvalue weighted by Crippen LogP contribution is -2.15. The molecular weight excluding hydrogens is 174 g/mol. The van der Waals surface area contributed by atoms with E-state index in [4.69, 9.17) is 5.73 Å². The zero-order chi connectivity index (χ0) is 10.6. The Morgan fingerprint density at radius 2 is 2.14 bits per heavy atom. The summed E-state index contributed by atoms with van der Waals surface area (Å²) in [6.45, 7) is 7.96. The van der Waals surface area contributed by atoms with Gasteiger partial charge in [-0.3, -0.25) is 0 Å². The van der Waals surface area contributed by atoms with Crippen LogP contribution in [0.2, 0.25) is 0 Å². The van der Waals surface area contributed by atoms with Gasteiger partial charge in [0.05, 0.1) is 0 Å². The number of nitrogens with two attached hydrogens (primary N) is 1. The standard InChI is InChI=1S/C11H19N3/c1-11(2,3)9-4-6-13-10(8-9)14-7-5-12/h4,6,8H,5,7,12H2,1-3H3,(H,13,14). The minimum absolute atomic E-state index is 0.169. The Morgan fingerprint density at radius 3 is 2.71 bits per heavy atom. The molecule has 1 heterocycles. The topological polar surface area (TPSA) is 50.9 Å². The van der Waals surface area contributed by atoms with E-state index in [9.17, 15) is 0 Å². The SMILES string of the molecule is CC(C)(C)c1ccnc(NCCN)c1. The zero-order valence-electron chi connectivity index (χ0n) is 9.17. The van der Waals surface area contributed by atoms with Gasteiger partial charge < -0.3 is 11.1 Å². The van der Waals surface area contributed by atoms with Crippen molar-refractivity contribution in [3.8, 4) is 0 Å². The molecule has 1 rings (SSSR count). The van der Waals surface area contributed by atoms with Crippen molar-refractivity contribution in [1.29, 1.82) is 0 Å². The van der Waals surface area contributed by atoms with Crippen LogP contribution in [0.25, 0.3) is 0 Å². The average Bonchev–Trinajstić information content (AvgIpc) is 2.14. The van der Waals surface area contributed by atoms with Gasteiger partial charge >= 0.3 is 0 Å². The molecule has 0 radical (unpaired) electrons. The molecule has 0 fully saturated rings. The summed E-state index contributed by atoms with van der Waals surface area (Å²) >= 11 is 0. The predicted molar refractivity (Wildman–Crippen MR) is 60.5 cm³/mol. The average molecular weight is 193 g/mol. The third-order valence-corrected chi connectivity index (χ3v) is 2.08. The van der Waals surface area contributed by atoms with E-state index in [1.165, 1.54) is 5.56 Å². The summed E-state index contributed by atoms with van der Waals surface area (Å²) in [5.41, 5.74) is 6.86. The van der Waals surface area contributed by atoms with Crippen LogP contribution in [-0.4, -0.2) is 18.1 Å².